The predicted octanol–water partition coefficient (Wildman–Crippen LogP) is 8.13. The molecular formula is C25H36FNOS. The lowest BCUT2D eigenvalue weighted by atomic mass is 9.69. The Morgan fingerprint density at radius 3 is 2.24 bits per heavy atom. The van der Waals surface area contributed by atoms with Crippen LogP contribution in [0.5, 0.6) is 5.75 Å². The Kier molecular flexibility index (Phi) is 9.14. The molecular weight excluding hydrogens is 381 g/mol. The third-order valence-electron chi connectivity index (χ3n) is 7.24. The number of ether oxygens (including phenoxy) is 1. The second-order valence-electron chi connectivity index (χ2n) is 9.18. The SMILES string of the molecule is CCCCC[C@H]1CC[C@H](C2CCC(COc3ccc(N=C=S)c(F)c3)CC2)CC1. The number of rotatable bonds is 9. The van der Waals surface area contributed by atoms with Crippen LogP contribution in [0.15, 0.2) is 23.2 Å². The molecule has 2 saturated carbocycles. The summed E-state index contributed by atoms with van der Waals surface area (Å²) >= 11 is 4.53. The Bertz CT molecular complexity index is 671. The molecule has 2 aliphatic carbocycles. The van der Waals surface area contributed by atoms with Gasteiger partial charge in [0, 0.05) is 6.07 Å². The van der Waals surface area contributed by atoms with Gasteiger partial charge in [0.25, 0.3) is 0 Å². The van der Waals surface area contributed by atoms with Gasteiger partial charge in [0.1, 0.15) is 11.4 Å². The van der Waals surface area contributed by atoms with Gasteiger partial charge in [-0.05, 0) is 86.5 Å². The number of unbranched alkanes of at least 4 members (excludes halogenated alkanes) is 2. The number of hydrogen-bond donors (Lipinski definition) is 0. The van der Waals surface area contributed by atoms with Crippen LogP contribution >= 0.6 is 12.2 Å². The maximum atomic E-state index is 13.9. The Morgan fingerprint density at radius 1 is 1.00 bits per heavy atom. The molecule has 0 unspecified atom stereocenters. The van der Waals surface area contributed by atoms with Crippen molar-refractivity contribution in [3.05, 3.63) is 24.0 Å². The molecule has 29 heavy (non-hydrogen) atoms. The van der Waals surface area contributed by atoms with E-state index in [1.54, 1.807) is 12.1 Å². The van der Waals surface area contributed by atoms with Crippen LogP contribution in [-0.4, -0.2) is 11.8 Å². The first kappa shape index (κ1) is 22.4. The summed E-state index contributed by atoms with van der Waals surface area (Å²) in [6, 6.07) is 4.76. The topological polar surface area (TPSA) is 21.6 Å². The highest BCUT2D eigenvalue weighted by Crippen LogP contribution is 2.42. The van der Waals surface area contributed by atoms with Crippen LogP contribution in [0.25, 0.3) is 0 Å². The monoisotopic (exact) mass is 417 g/mol. The fourth-order valence-electron chi connectivity index (χ4n) is 5.39. The zero-order valence-corrected chi connectivity index (χ0v) is 18.7. The second kappa shape index (κ2) is 11.8. The van der Waals surface area contributed by atoms with Crippen molar-refractivity contribution in [2.45, 2.75) is 84.0 Å². The molecule has 0 spiro atoms. The van der Waals surface area contributed by atoms with E-state index in [4.69, 9.17) is 4.74 Å². The number of thiocarbonyl (C=S) groups is 1. The van der Waals surface area contributed by atoms with Gasteiger partial charge in [-0.15, -0.1) is 0 Å². The van der Waals surface area contributed by atoms with E-state index in [-0.39, 0.29) is 5.69 Å². The molecule has 0 atom stereocenters. The summed E-state index contributed by atoms with van der Waals surface area (Å²) < 4.78 is 19.8. The molecule has 1 aromatic carbocycles. The standard InChI is InChI=1S/C25H36FNOS/c1-2-3-4-5-19-6-10-21(11-7-19)22-12-8-20(9-13-22)17-28-23-14-15-25(27-18-29)24(26)16-23/h14-16,19-22H,2-13,17H2,1H3/t19-,20?,21-,22?. The summed E-state index contributed by atoms with van der Waals surface area (Å²) in [5.41, 5.74) is 0.216. The van der Waals surface area contributed by atoms with E-state index in [1.807, 2.05) is 0 Å². The normalized spacial score (nSPS) is 27.2. The van der Waals surface area contributed by atoms with E-state index >= 15 is 0 Å². The van der Waals surface area contributed by atoms with Gasteiger partial charge in [-0.1, -0.05) is 45.4 Å². The Balaban J connectivity index is 1.36. The van der Waals surface area contributed by atoms with Gasteiger partial charge in [0.15, 0.2) is 5.82 Å². The van der Waals surface area contributed by atoms with Crippen molar-refractivity contribution in [1.82, 2.24) is 0 Å². The Labute approximate surface area is 181 Å². The van der Waals surface area contributed by atoms with E-state index in [0.29, 0.717) is 18.3 Å². The van der Waals surface area contributed by atoms with Crippen LogP contribution in [-0.2, 0) is 0 Å². The first-order valence-electron chi connectivity index (χ1n) is 11.7. The summed E-state index contributed by atoms with van der Waals surface area (Å²) in [6.07, 6.45) is 16.7. The highest BCUT2D eigenvalue weighted by molar-refractivity contribution is 7.78. The molecule has 0 bridgehead atoms. The van der Waals surface area contributed by atoms with Crippen LogP contribution in [0.2, 0.25) is 0 Å². The molecule has 0 saturated heterocycles. The first-order chi connectivity index (χ1) is 14.2. The third-order valence-corrected chi connectivity index (χ3v) is 7.33. The van der Waals surface area contributed by atoms with E-state index < -0.39 is 5.82 Å². The number of nitrogens with zero attached hydrogens (tertiary/aromatic N) is 1. The lowest BCUT2D eigenvalue weighted by Crippen LogP contribution is -2.27. The maximum Gasteiger partial charge on any atom is 0.153 e. The van der Waals surface area contributed by atoms with Gasteiger partial charge in [-0.25, -0.2) is 4.39 Å². The van der Waals surface area contributed by atoms with Gasteiger partial charge in [-0.2, -0.15) is 4.99 Å². The van der Waals surface area contributed by atoms with E-state index in [1.165, 1.54) is 83.1 Å². The minimum atomic E-state index is -0.408. The fourth-order valence-corrected chi connectivity index (χ4v) is 5.49. The molecule has 4 heteroatoms. The number of hydrogen-bond acceptors (Lipinski definition) is 3. The second-order valence-corrected chi connectivity index (χ2v) is 9.37. The van der Waals surface area contributed by atoms with Crippen LogP contribution in [0, 0.1) is 29.5 Å². The smallest absolute Gasteiger partial charge is 0.153 e. The molecule has 0 heterocycles. The summed E-state index contributed by atoms with van der Waals surface area (Å²) in [5, 5.41) is 2.20. The van der Waals surface area contributed by atoms with Gasteiger partial charge in [0.2, 0.25) is 0 Å². The van der Waals surface area contributed by atoms with Crippen LogP contribution in [0.4, 0.5) is 10.1 Å². The summed E-state index contributed by atoms with van der Waals surface area (Å²) in [6.45, 7) is 2.98. The molecule has 2 nitrogen and oxygen atoms in total. The molecule has 0 radical (unpaired) electrons. The van der Waals surface area contributed by atoms with Gasteiger partial charge < -0.3 is 4.74 Å². The summed E-state index contributed by atoms with van der Waals surface area (Å²) in [7, 11) is 0. The number of aliphatic imine (C=N–C) groups is 1. The molecule has 3 rings (SSSR count). The number of halogens is 1. The molecule has 0 N–H and O–H groups in total. The van der Waals surface area contributed by atoms with E-state index in [9.17, 15) is 4.39 Å². The van der Waals surface area contributed by atoms with Crippen LogP contribution in [0.1, 0.15) is 84.0 Å². The maximum absolute atomic E-state index is 13.9. The van der Waals surface area contributed by atoms with Gasteiger partial charge >= 0.3 is 0 Å². The van der Waals surface area contributed by atoms with Crippen molar-refractivity contribution in [2.75, 3.05) is 6.61 Å². The van der Waals surface area contributed by atoms with Gasteiger partial charge in [0.05, 0.1) is 11.8 Å². The predicted molar refractivity (Wildman–Crippen MR) is 122 cm³/mol. The minimum absolute atomic E-state index is 0.216. The minimum Gasteiger partial charge on any atom is -0.493 e. The average molecular weight is 418 g/mol. The van der Waals surface area contributed by atoms with Crippen LogP contribution < -0.4 is 4.74 Å². The quantitative estimate of drug-likeness (QED) is 0.230. The van der Waals surface area contributed by atoms with Gasteiger partial charge in [-0.3, -0.25) is 0 Å². The lowest BCUT2D eigenvalue weighted by Gasteiger charge is -2.38. The summed E-state index contributed by atoms with van der Waals surface area (Å²) in [5.74, 6) is 3.65. The summed E-state index contributed by atoms with van der Waals surface area (Å²) in [4.78, 5) is 3.71. The fraction of sp³-hybridized carbons (Fsp3) is 0.720. The van der Waals surface area contributed by atoms with Crippen molar-refractivity contribution in [3.8, 4) is 5.75 Å². The molecule has 0 aromatic heterocycles. The number of isothiocyanates is 1. The largest absolute Gasteiger partial charge is 0.493 e. The van der Waals surface area contributed by atoms with Crippen molar-refractivity contribution >= 4 is 23.1 Å². The third kappa shape index (κ3) is 6.89. The average Bonchev–Trinajstić information content (AvgIpc) is 2.75. The van der Waals surface area contributed by atoms with Crippen molar-refractivity contribution in [2.24, 2.45) is 28.7 Å². The van der Waals surface area contributed by atoms with Crippen LogP contribution in [0.3, 0.4) is 0 Å². The molecule has 0 amide bonds. The van der Waals surface area contributed by atoms with Crippen molar-refractivity contribution in [3.63, 3.8) is 0 Å². The molecule has 2 fully saturated rings. The highest BCUT2D eigenvalue weighted by Gasteiger charge is 2.30. The first-order valence-corrected chi connectivity index (χ1v) is 12.1. The zero-order chi connectivity index (χ0) is 20.5. The molecule has 1 aromatic rings. The van der Waals surface area contributed by atoms with E-state index in [2.05, 4.69) is 29.3 Å². The molecule has 160 valence electrons. The van der Waals surface area contributed by atoms with Crippen molar-refractivity contribution < 1.29 is 9.13 Å². The van der Waals surface area contributed by atoms with E-state index in [0.717, 1.165) is 17.8 Å². The molecule has 0 aliphatic heterocycles. The molecule has 2 aliphatic rings. The lowest BCUT2D eigenvalue weighted by molar-refractivity contribution is 0.121. The zero-order valence-electron chi connectivity index (χ0n) is 17.9. The Hall–Kier alpha value is -1.25. The Morgan fingerprint density at radius 2 is 1.66 bits per heavy atom. The van der Waals surface area contributed by atoms with Crippen molar-refractivity contribution in [1.29, 1.82) is 0 Å². The number of benzene rings is 1. The highest BCUT2D eigenvalue weighted by atomic mass is 32.1.